The highest BCUT2D eigenvalue weighted by Crippen LogP contribution is 2.36. The number of nitrogens with zero attached hydrogens (tertiary/aromatic N) is 2. The van der Waals surface area contributed by atoms with Crippen molar-refractivity contribution in [3.63, 3.8) is 0 Å². The van der Waals surface area contributed by atoms with Crippen LogP contribution in [0.4, 0.5) is 18.9 Å². The molecule has 0 unspecified atom stereocenters. The molecule has 2 aromatic heterocycles. The fourth-order valence-corrected chi connectivity index (χ4v) is 4.61. The van der Waals surface area contributed by atoms with Gasteiger partial charge in [0.2, 0.25) is 11.7 Å². The summed E-state index contributed by atoms with van der Waals surface area (Å²) in [5, 5.41) is -0.688. The maximum absolute atomic E-state index is 13.4. The van der Waals surface area contributed by atoms with Gasteiger partial charge in [-0.2, -0.15) is 13.2 Å². The maximum atomic E-state index is 13.4. The third-order valence-corrected chi connectivity index (χ3v) is 6.60. The standard InChI is InChI=1S/C22H12Cl2F3N3O4S/c23-12-9-18(30-35(32,33)13-5-6-17(24)16(10-13)22(25,26)27)19(29-11-12)20(31)14-3-1-2-4-15(14)21-28-7-8-34-21/h1-11,30H. The Morgan fingerprint density at radius 1 is 1.03 bits per heavy atom. The highest BCUT2D eigenvalue weighted by atomic mass is 35.5. The monoisotopic (exact) mass is 541 g/mol. The largest absolute Gasteiger partial charge is 0.445 e. The van der Waals surface area contributed by atoms with Crippen molar-refractivity contribution >= 4 is 44.7 Å². The molecule has 0 aliphatic heterocycles. The third kappa shape index (κ3) is 5.16. The van der Waals surface area contributed by atoms with Crippen LogP contribution < -0.4 is 4.72 Å². The second kappa shape index (κ2) is 9.33. The minimum absolute atomic E-state index is 0.0210. The molecule has 35 heavy (non-hydrogen) atoms. The lowest BCUT2D eigenvalue weighted by Gasteiger charge is -2.14. The molecule has 0 bridgehead atoms. The van der Waals surface area contributed by atoms with Crippen LogP contribution in [0.3, 0.4) is 0 Å². The fraction of sp³-hybridized carbons (Fsp3) is 0.0455. The Labute approximate surface area is 206 Å². The summed E-state index contributed by atoms with van der Waals surface area (Å²) < 4.78 is 72.9. The van der Waals surface area contributed by atoms with E-state index in [9.17, 15) is 26.4 Å². The van der Waals surface area contributed by atoms with E-state index in [1.165, 1.54) is 18.5 Å². The SMILES string of the molecule is O=C(c1ccccc1-c1ncco1)c1ncc(Cl)cc1NS(=O)(=O)c1ccc(Cl)c(C(F)(F)F)c1. The molecule has 2 heterocycles. The number of aromatic nitrogens is 2. The molecule has 0 amide bonds. The minimum atomic E-state index is -4.88. The normalized spacial score (nSPS) is 11.9. The highest BCUT2D eigenvalue weighted by Gasteiger charge is 2.35. The first kappa shape index (κ1) is 24.7. The summed E-state index contributed by atoms with van der Waals surface area (Å²) in [5.74, 6) is -0.564. The number of benzene rings is 2. The van der Waals surface area contributed by atoms with Crippen molar-refractivity contribution in [3.8, 4) is 11.5 Å². The van der Waals surface area contributed by atoms with Crippen molar-refractivity contribution in [1.82, 2.24) is 9.97 Å². The number of oxazole rings is 1. The number of hydrogen-bond donors (Lipinski definition) is 1. The van der Waals surface area contributed by atoms with Crippen molar-refractivity contribution in [3.05, 3.63) is 94.1 Å². The van der Waals surface area contributed by atoms with Gasteiger partial charge in [-0.3, -0.25) is 9.52 Å². The molecule has 0 aliphatic rings. The van der Waals surface area contributed by atoms with Crippen molar-refractivity contribution in [2.45, 2.75) is 11.1 Å². The number of carbonyl (C=O) groups excluding carboxylic acids is 1. The molecular formula is C22H12Cl2F3N3O4S. The Morgan fingerprint density at radius 2 is 1.77 bits per heavy atom. The molecule has 0 aliphatic carbocycles. The van der Waals surface area contributed by atoms with E-state index in [-0.39, 0.29) is 27.9 Å². The van der Waals surface area contributed by atoms with E-state index in [1.807, 2.05) is 0 Å². The fourth-order valence-electron chi connectivity index (χ4n) is 3.14. The number of nitrogens with one attached hydrogen (secondary N) is 1. The van der Waals surface area contributed by atoms with Crippen LogP contribution in [0, 0.1) is 0 Å². The van der Waals surface area contributed by atoms with Gasteiger partial charge < -0.3 is 4.42 Å². The predicted octanol–water partition coefficient (Wildman–Crippen LogP) is 6.09. The Bertz CT molecular complexity index is 1530. The first-order valence-electron chi connectivity index (χ1n) is 9.56. The number of carbonyl (C=O) groups is 1. The zero-order valence-electron chi connectivity index (χ0n) is 17.2. The molecule has 0 saturated heterocycles. The van der Waals surface area contributed by atoms with Crippen LogP contribution in [0.5, 0.6) is 0 Å². The second-order valence-corrected chi connectivity index (χ2v) is 9.53. The van der Waals surface area contributed by atoms with E-state index < -0.39 is 37.5 Å². The summed E-state index contributed by atoms with van der Waals surface area (Å²) in [7, 11) is -4.61. The van der Waals surface area contributed by atoms with Gasteiger partial charge in [0.1, 0.15) is 12.0 Å². The van der Waals surface area contributed by atoms with Crippen molar-refractivity contribution in [1.29, 1.82) is 0 Å². The molecule has 180 valence electrons. The zero-order chi connectivity index (χ0) is 25.4. The molecular weight excluding hydrogens is 530 g/mol. The van der Waals surface area contributed by atoms with Crippen LogP contribution in [0.2, 0.25) is 10.0 Å². The molecule has 4 rings (SSSR count). The van der Waals surface area contributed by atoms with Gasteiger partial charge in [0.15, 0.2) is 0 Å². The van der Waals surface area contributed by atoms with Crippen molar-refractivity contribution in [2.24, 2.45) is 0 Å². The average molecular weight is 542 g/mol. The van der Waals surface area contributed by atoms with Gasteiger partial charge >= 0.3 is 6.18 Å². The topological polar surface area (TPSA) is 102 Å². The van der Waals surface area contributed by atoms with Crippen LogP contribution >= 0.6 is 23.2 Å². The number of sulfonamides is 1. The van der Waals surface area contributed by atoms with Gasteiger partial charge in [0, 0.05) is 17.3 Å². The van der Waals surface area contributed by atoms with Crippen LogP contribution in [0.1, 0.15) is 21.6 Å². The molecule has 4 aromatic rings. The lowest BCUT2D eigenvalue weighted by Crippen LogP contribution is -2.18. The molecule has 0 fully saturated rings. The van der Waals surface area contributed by atoms with E-state index in [2.05, 4.69) is 14.7 Å². The van der Waals surface area contributed by atoms with E-state index in [4.69, 9.17) is 27.6 Å². The average Bonchev–Trinajstić information content (AvgIpc) is 3.33. The Hall–Kier alpha value is -3.41. The Morgan fingerprint density at radius 3 is 2.46 bits per heavy atom. The molecule has 7 nitrogen and oxygen atoms in total. The van der Waals surface area contributed by atoms with Crippen LogP contribution in [-0.4, -0.2) is 24.2 Å². The lowest BCUT2D eigenvalue weighted by molar-refractivity contribution is -0.137. The second-order valence-electron chi connectivity index (χ2n) is 7.01. The highest BCUT2D eigenvalue weighted by molar-refractivity contribution is 7.92. The maximum Gasteiger partial charge on any atom is 0.417 e. The van der Waals surface area contributed by atoms with Crippen LogP contribution in [0.25, 0.3) is 11.5 Å². The van der Waals surface area contributed by atoms with E-state index in [0.717, 1.165) is 24.4 Å². The molecule has 0 radical (unpaired) electrons. The summed E-state index contributed by atoms with van der Waals surface area (Å²) in [4.78, 5) is 20.6. The minimum Gasteiger partial charge on any atom is -0.445 e. The molecule has 1 N–H and O–H groups in total. The van der Waals surface area contributed by atoms with Gasteiger partial charge in [-0.05, 0) is 30.3 Å². The molecule has 0 spiro atoms. The number of hydrogen-bond acceptors (Lipinski definition) is 6. The van der Waals surface area contributed by atoms with Crippen LogP contribution in [-0.2, 0) is 16.2 Å². The summed E-state index contributed by atoms with van der Waals surface area (Å²) in [6, 6.07) is 9.48. The number of halogens is 5. The number of anilines is 1. The molecule has 0 saturated carbocycles. The number of pyridine rings is 1. The van der Waals surface area contributed by atoms with Gasteiger partial charge in [0.25, 0.3) is 10.0 Å². The molecule has 13 heteroatoms. The van der Waals surface area contributed by atoms with Gasteiger partial charge in [0.05, 0.1) is 32.4 Å². The smallest absolute Gasteiger partial charge is 0.417 e. The van der Waals surface area contributed by atoms with E-state index in [1.54, 1.807) is 18.2 Å². The number of rotatable bonds is 6. The van der Waals surface area contributed by atoms with Crippen molar-refractivity contribution < 1.29 is 30.8 Å². The van der Waals surface area contributed by atoms with Crippen molar-refractivity contribution in [2.75, 3.05) is 4.72 Å². The van der Waals surface area contributed by atoms with Gasteiger partial charge in [-0.25, -0.2) is 18.4 Å². The quantitative estimate of drug-likeness (QED) is 0.296. The summed E-state index contributed by atoms with van der Waals surface area (Å²) >= 11 is 11.5. The first-order chi connectivity index (χ1) is 16.5. The molecule has 0 atom stereocenters. The van der Waals surface area contributed by atoms with Gasteiger partial charge in [-0.1, -0.05) is 41.4 Å². The summed E-state index contributed by atoms with van der Waals surface area (Å²) in [6.45, 7) is 0. The zero-order valence-corrected chi connectivity index (χ0v) is 19.5. The van der Waals surface area contributed by atoms with E-state index in [0.29, 0.717) is 11.6 Å². The van der Waals surface area contributed by atoms with E-state index >= 15 is 0 Å². The Balaban J connectivity index is 1.77. The van der Waals surface area contributed by atoms with Crippen LogP contribution in [0.15, 0.2) is 76.5 Å². The number of ketones is 1. The molecule has 2 aromatic carbocycles. The predicted molar refractivity (Wildman–Crippen MR) is 122 cm³/mol. The Kier molecular flexibility index (Phi) is 6.58. The summed E-state index contributed by atoms with van der Waals surface area (Å²) in [6.07, 6.45) is -1.05. The summed E-state index contributed by atoms with van der Waals surface area (Å²) in [5.41, 5.74) is -1.60. The third-order valence-electron chi connectivity index (χ3n) is 4.70. The first-order valence-corrected chi connectivity index (χ1v) is 11.8. The van der Waals surface area contributed by atoms with Gasteiger partial charge in [-0.15, -0.1) is 0 Å². The number of alkyl halides is 3. The lowest BCUT2D eigenvalue weighted by atomic mass is 10.0.